The van der Waals surface area contributed by atoms with Crippen molar-refractivity contribution in [2.75, 3.05) is 13.1 Å². The highest BCUT2D eigenvalue weighted by molar-refractivity contribution is 5.89. The van der Waals surface area contributed by atoms with Gasteiger partial charge in [-0.3, -0.25) is 0 Å². The van der Waals surface area contributed by atoms with Crippen LogP contribution in [0, 0.1) is 0 Å². The van der Waals surface area contributed by atoms with Crippen LogP contribution in [0.2, 0.25) is 0 Å². The number of nitrogens with one attached hydrogen (secondary N) is 1. The zero-order valence-electron chi connectivity index (χ0n) is 8.82. The van der Waals surface area contributed by atoms with Crippen molar-refractivity contribution in [1.29, 1.82) is 0 Å². The van der Waals surface area contributed by atoms with Gasteiger partial charge in [0, 0.05) is 12.5 Å². The highest BCUT2D eigenvalue weighted by Gasteiger charge is 2.28. The standard InChI is InChI=1S/C12H14FNO2/c13-11-7-14-6-5-9(11)8-3-1-2-4-10(8)12(15)16/h1-4,9,11,14H,5-7H2,(H,15,16). The van der Waals surface area contributed by atoms with Crippen LogP contribution in [0.15, 0.2) is 24.3 Å². The minimum Gasteiger partial charge on any atom is -0.478 e. The van der Waals surface area contributed by atoms with E-state index in [1.165, 1.54) is 6.07 Å². The van der Waals surface area contributed by atoms with E-state index in [-0.39, 0.29) is 11.5 Å². The summed E-state index contributed by atoms with van der Waals surface area (Å²) >= 11 is 0. The first-order valence-corrected chi connectivity index (χ1v) is 5.37. The molecule has 1 aromatic rings. The quantitative estimate of drug-likeness (QED) is 0.803. The van der Waals surface area contributed by atoms with Crippen LogP contribution < -0.4 is 5.32 Å². The van der Waals surface area contributed by atoms with Crippen LogP contribution in [0.5, 0.6) is 0 Å². The van der Waals surface area contributed by atoms with E-state index in [9.17, 15) is 9.18 Å². The van der Waals surface area contributed by atoms with Gasteiger partial charge >= 0.3 is 5.97 Å². The highest BCUT2D eigenvalue weighted by Crippen LogP contribution is 2.30. The van der Waals surface area contributed by atoms with Crippen molar-refractivity contribution in [3.63, 3.8) is 0 Å². The molecule has 0 spiro atoms. The number of aromatic carboxylic acids is 1. The van der Waals surface area contributed by atoms with Gasteiger partial charge in [0.1, 0.15) is 6.17 Å². The largest absolute Gasteiger partial charge is 0.478 e. The summed E-state index contributed by atoms with van der Waals surface area (Å²) in [5, 5.41) is 12.0. The third-order valence-corrected chi connectivity index (χ3v) is 3.00. The molecule has 1 fully saturated rings. The number of rotatable bonds is 2. The normalized spacial score (nSPS) is 25.3. The summed E-state index contributed by atoms with van der Waals surface area (Å²) in [6.07, 6.45) is -0.361. The number of carbonyl (C=O) groups is 1. The van der Waals surface area contributed by atoms with Crippen LogP contribution in [0.3, 0.4) is 0 Å². The number of carboxylic acids is 1. The lowest BCUT2D eigenvalue weighted by Gasteiger charge is -2.27. The Balaban J connectivity index is 2.34. The first-order chi connectivity index (χ1) is 7.70. The number of piperidine rings is 1. The lowest BCUT2D eigenvalue weighted by Crippen LogP contribution is -2.37. The van der Waals surface area contributed by atoms with Gasteiger partial charge in [-0.15, -0.1) is 0 Å². The maximum absolute atomic E-state index is 13.7. The van der Waals surface area contributed by atoms with Gasteiger partial charge in [-0.1, -0.05) is 18.2 Å². The van der Waals surface area contributed by atoms with Gasteiger partial charge in [-0.25, -0.2) is 9.18 Å². The topological polar surface area (TPSA) is 49.3 Å². The lowest BCUT2D eigenvalue weighted by atomic mass is 9.86. The molecule has 16 heavy (non-hydrogen) atoms. The van der Waals surface area contributed by atoms with E-state index in [1.807, 2.05) is 0 Å². The molecule has 0 aromatic heterocycles. The van der Waals surface area contributed by atoms with Crippen LogP contribution in [0.4, 0.5) is 4.39 Å². The molecule has 2 atom stereocenters. The second kappa shape index (κ2) is 4.61. The van der Waals surface area contributed by atoms with Crippen LogP contribution in [0.1, 0.15) is 28.3 Å². The fourth-order valence-electron chi connectivity index (χ4n) is 2.19. The third-order valence-electron chi connectivity index (χ3n) is 3.00. The Morgan fingerprint density at radius 3 is 2.88 bits per heavy atom. The summed E-state index contributed by atoms with van der Waals surface area (Å²) in [6.45, 7) is 1.04. The number of benzene rings is 1. The van der Waals surface area contributed by atoms with E-state index in [1.54, 1.807) is 18.2 Å². The molecular formula is C12H14FNO2. The number of alkyl halides is 1. The fourth-order valence-corrected chi connectivity index (χ4v) is 2.19. The predicted octanol–water partition coefficient (Wildman–Crippen LogP) is 1.80. The average molecular weight is 223 g/mol. The summed E-state index contributed by atoms with van der Waals surface area (Å²) in [4.78, 5) is 11.0. The van der Waals surface area contributed by atoms with Crippen LogP contribution in [-0.4, -0.2) is 30.3 Å². The Bertz CT molecular complexity index is 394. The van der Waals surface area contributed by atoms with E-state index >= 15 is 0 Å². The summed E-state index contributed by atoms with van der Waals surface area (Å²) < 4.78 is 13.7. The molecule has 0 bridgehead atoms. The summed E-state index contributed by atoms with van der Waals surface area (Å²) in [6, 6.07) is 6.68. The Labute approximate surface area is 93.3 Å². The van der Waals surface area contributed by atoms with Crippen molar-refractivity contribution < 1.29 is 14.3 Å². The molecule has 2 N–H and O–H groups in total. The molecule has 3 nitrogen and oxygen atoms in total. The number of hydrogen-bond acceptors (Lipinski definition) is 2. The maximum atomic E-state index is 13.7. The van der Waals surface area contributed by atoms with Gasteiger partial charge in [0.15, 0.2) is 0 Å². The number of carboxylic acid groups (broad SMARTS) is 1. The molecule has 1 saturated heterocycles. The van der Waals surface area contributed by atoms with E-state index in [2.05, 4.69) is 5.32 Å². The zero-order chi connectivity index (χ0) is 11.5. The maximum Gasteiger partial charge on any atom is 0.335 e. The fraction of sp³-hybridized carbons (Fsp3) is 0.417. The van der Waals surface area contributed by atoms with Gasteiger partial charge in [0.2, 0.25) is 0 Å². The minimum absolute atomic E-state index is 0.219. The van der Waals surface area contributed by atoms with Crippen molar-refractivity contribution in [1.82, 2.24) is 5.32 Å². The van der Waals surface area contributed by atoms with E-state index in [4.69, 9.17) is 5.11 Å². The van der Waals surface area contributed by atoms with Crippen molar-refractivity contribution in [2.45, 2.75) is 18.5 Å². The molecule has 1 aliphatic rings. The number of hydrogen-bond donors (Lipinski definition) is 2. The zero-order valence-corrected chi connectivity index (χ0v) is 8.82. The molecule has 2 rings (SSSR count). The summed E-state index contributed by atoms with van der Waals surface area (Å²) in [7, 11) is 0. The van der Waals surface area contributed by atoms with Crippen molar-refractivity contribution in [3.8, 4) is 0 Å². The molecule has 0 aliphatic carbocycles. The first kappa shape index (κ1) is 11.1. The molecule has 0 radical (unpaired) electrons. The Hall–Kier alpha value is -1.42. The van der Waals surface area contributed by atoms with Crippen molar-refractivity contribution in [3.05, 3.63) is 35.4 Å². The Kier molecular flexibility index (Phi) is 3.19. The Morgan fingerprint density at radius 2 is 2.19 bits per heavy atom. The first-order valence-electron chi connectivity index (χ1n) is 5.37. The van der Waals surface area contributed by atoms with E-state index < -0.39 is 12.1 Å². The molecule has 1 aromatic carbocycles. The van der Waals surface area contributed by atoms with Gasteiger partial charge < -0.3 is 10.4 Å². The number of halogens is 1. The molecule has 4 heteroatoms. The van der Waals surface area contributed by atoms with Gasteiger partial charge in [0.05, 0.1) is 5.56 Å². The lowest BCUT2D eigenvalue weighted by molar-refractivity contribution is 0.0694. The minimum atomic E-state index is -1.01. The van der Waals surface area contributed by atoms with Crippen LogP contribution in [-0.2, 0) is 0 Å². The third kappa shape index (κ3) is 2.07. The second-order valence-corrected chi connectivity index (χ2v) is 4.01. The van der Waals surface area contributed by atoms with Crippen molar-refractivity contribution in [2.24, 2.45) is 0 Å². The molecular weight excluding hydrogens is 209 g/mol. The second-order valence-electron chi connectivity index (χ2n) is 4.01. The van der Waals surface area contributed by atoms with Crippen LogP contribution in [0.25, 0.3) is 0 Å². The van der Waals surface area contributed by atoms with E-state index in [0.29, 0.717) is 18.5 Å². The molecule has 86 valence electrons. The summed E-state index contributed by atoms with van der Waals surface area (Å²) in [5.41, 5.74) is 0.834. The van der Waals surface area contributed by atoms with Crippen LogP contribution >= 0.6 is 0 Å². The Morgan fingerprint density at radius 1 is 1.44 bits per heavy atom. The monoisotopic (exact) mass is 223 g/mol. The van der Waals surface area contributed by atoms with Gasteiger partial charge in [-0.05, 0) is 24.6 Å². The predicted molar refractivity (Wildman–Crippen MR) is 58.5 cm³/mol. The molecule has 0 amide bonds. The SMILES string of the molecule is O=C(O)c1ccccc1C1CCNCC1F. The average Bonchev–Trinajstić information content (AvgIpc) is 2.29. The van der Waals surface area contributed by atoms with Gasteiger partial charge in [-0.2, -0.15) is 0 Å². The molecule has 2 unspecified atom stereocenters. The van der Waals surface area contributed by atoms with Gasteiger partial charge in [0.25, 0.3) is 0 Å². The molecule has 0 saturated carbocycles. The highest BCUT2D eigenvalue weighted by atomic mass is 19.1. The molecule has 1 heterocycles. The molecule has 1 aliphatic heterocycles. The summed E-state index contributed by atoms with van der Waals surface area (Å²) in [5.74, 6) is -1.28. The van der Waals surface area contributed by atoms with E-state index in [0.717, 1.165) is 6.54 Å². The van der Waals surface area contributed by atoms with Crippen molar-refractivity contribution >= 4 is 5.97 Å². The smallest absolute Gasteiger partial charge is 0.335 e.